The van der Waals surface area contributed by atoms with Gasteiger partial charge in [-0.15, -0.1) is 0 Å². The second-order valence-corrected chi connectivity index (χ2v) is 7.93. The van der Waals surface area contributed by atoms with Crippen LogP contribution in [-0.2, 0) is 9.84 Å². The number of nitrogens with one attached hydrogen (secondary N) is 1. The van der Waals surface area contributed by atoms with Crippen LogP contribution in [0.4, 0.5) is 0 Å². The van der Waals surface area contributed by atoms with Crippen molar-refractivity contribution in [2.24, 2.45) is 0 Å². The summed E-state index contributed by atoms with van der Waals surface area (Å²) in [5.41, 5.74) is 2.34. The van der Waals surface area contributed by atoms with Crippen LogP contribution >= 0.6 is 0 Å². The van der Waals surface area contributed by atoms with E-state index in [9.17, 15) is 13.2 Å². The summed E-state index contributed by atoms with van der Waals surface area (Å²) < 4.78 is 22.1. The van der Waals surface area contributed by atoms with E-state index in [0.29, 0.717) is 5.56 Å². The van der Waals surface area contributed by atoms with Crippen molar-refractivity contribution < 1.29 is 13.2 Å². The van der Waals surface area contributed by atoms with E-state index in [1.165, 1.54) is 13.8 Å². The third-order valence-electron chi connectivity index (χ3n) is 3.56. The molecule has 0 radical (unpaired) electrons. The molecule has 0 aliphatic rings. The number of fused-ring (bicyclic) bond motifs is 1. The zero-order valence-corrected chi connectivity index (χ0v) is 12.3. The third-order valence-corrected chi connectivity index (χ3v) is 5.60. The van der Waals surface area contributed by atoms with Crippen LogP contribution in [0.25, 0.3) is 10.9 Å². The molecule has 0 saturated carbocycles. The molecular weight excluding hydrogens is 262 g/mol. The normalized spacial score (nSPS) is 12.8. The number of ketones is 1. The fourth-order valence-corrected chi connectivity index (χ4v) is 2.37. The zero-order chi connectivity index (χ0) is 14.4. The molecule has 0 spiro atoms. The van der Waals surface area contributed by atoms with E-state index < -0.39 is 14.6 Å². The average molecular weight is 279 g/mol. The number of rotatable bonds is 3. The van der Waals surface area contributed by atoms with Crippen LogP contribution in [0.3, 0.4) is 0 Å². The molecule has 19 heavy (non-hydrogen) atoms. The third kappa shape index (κ3) is 2.18. The minimum Gasteiger partial charge on any atom is -0.360 e. The predicted molar refractivity (Wildman–Crippen MR) is 76.3 cm³/mol. The summed E-state index contributed by atoms with van der Waals surface area (Å²) in [5.74, 6) is -0.384. The molecule has 102 valence electrons. The van der Waals surface area contributed by atoms with Crippen LogP contribution < -0.4 is 0 Å². The summed E-state index contributed by atoms with van der Waals surface area (Å²) in [4.78, 5) is 15.5. The molecule has 1 N–H and O–H groups in total. The highest BCUT2D eigenvalue weighted by Crippen LogP contribution is 2.27. The van der Waals surface area contributed by atoms with E-state index in [1.807, 2.05) is 25.1 Å². The van der Waals surface area contributed by atoms with Crippen molar-refractivity contribution in [2.75, 3.05) is 6.26 Å². The second kappa shape index (κ2) is 4.20. The Morgan fingerprint density at radius 2 is 1.89 bits per heavy atom. The molecule has 4 nitrogen and oxygen atoms in total. The number of aryl methyl sites for hydroxylation is 1. The fraction of sp³-hybridized carbons (Fsp3) is 0.357. The Balaban J connectivity index is 2.60. The van der Waals surface area contributed by atoms with Crippen LogP contribution in [0.15, 0.2) is 24.4 Å². The molecule has 0 amide bonds. The lowest BCUT2D eigenvalue weighted by atomic mass is 9.99. The van der Waals surface area contributed by atoms with Crippen LogP contribution in [0.5, 0.6) is 0 Å². The Morgan fingerprint density at radius 1 is 1.26 bits per heavy atom. The number of aromatic nitrogens is 1. The van der Waals surface area contributed by atoms with Gasteiger partial charge in [0.1, 0.15) is 4.75 Å². The number of carbonyl (C=O) groups excluding carboxylic acids is 1. The van der Waals surface area contributed by atoms with Gasteiger partial charge in [0.15, 0.2) is 15.6 Å². The van der Waals surface area contributed by atoms with E-state index >= 15 is 0 Å². The van der Waals surface area contributed by atoms with Gasteiger partial charge in [-0.3, -0.25) is 4.79 Å². The van der Waals surface area contributed by atoms with Crippen molar-refractivity contribution in [1.29, 1.82) is 0 Å². The summed E-state index contributed by atoms with van der Waals surface area (Å²) >= 11 is 0. The van der Waals surface area contributed by atoms with E-state index in [1.54, 1.807) is 6.20 Å². The molecule has 0 aliphatic carbocycles. The van der Waals surface area contributed by atoms with Crippen LogP contribution in [-0.4, -0.2) is 30.2 Å². The van der Waals surface area contributed by atoms with Crippen molar-refractivity contribution in [3.8, 4) is 0 Å². The SMILES string of the molecule is Cc1ccc2c(C(=O)C(C)(C)S(C)(=O)=O)c[nH]c2c1. The summed E-state index contributed by atoms with van der Waals surface area (Å²) in [6.45, 7) is 4.84. The largest absolute Gasteiger partial charge is 0.360 e. The van der Waals surface area contributed by atoms with E-state index in [0.717, 1.165) is 22.7 Å². The molecule has 5 heteroatoms. The summed E-state index contributed by atoms with van der Waals surface area (Å²) in [7, 11) is -3.47. The van der Waals surface area contributed by atoms with Gasteiger partial charge in [0.2, 0.25) is 0 Å². The second-order valence-electron chi connectivity index (χ2n) is 5.36. The maximum atomic E-state index is 12.5. The number of sulfone groups is 1. The van der Waals surface area contributed by atoms with Gasteiger partial charge in [0, 0.05) is 28.9 Å². The van der Waals surface area contributed by atoms with Gasteiger partial charge in [-0.1, -0.05) is 12.1 Å². The molecule has 1 heterocycles. The lowest BCUT2D eigenvalue weighted by molar-refractivity contribution is 0.0956. The minimum absolute atomic E-state index is 0.384. The average Bonchev–Trinajstić information content (AvgIpc) is 2.69. The Bertz CT molecular complexity index is 754. The molecule has 0 saturated heterocycles. The van der Waals surface area contributed by atoms with Crippen molar-refractivity contribution in [1.82, 2.24) is 4.98 Å². The van der Waals surface area contributed by atoms with Crippen molar-refractivity contribution >= 4 is 26.5 Å². The van der Waals surface area contributed by atoms with E-state index in [4.69, 9.17) is 0 Å². The van der Waals surface area contributed by atoms with Crippen molar-refractivity contribution in [2.45, 2.75) is 25.5 Å². The van der Waals surface area contributed by atoms with Gasteiger partial charge >= 0.3 is 0 Å². The highest BCUT2D eigenvalue weighted by atomic mass is 32.2. The molecule has 1 aromatic heterocycles. The first-order valence-electron chi connectivity index (χ1n) is 5.97. The van der Waals surface area contributed by atoms with Gasteiger partial charge in [0.05, 0.1) is 0 Å². The summed E-state index contributed by atoms with van der Waals surface area (Å²) in [6, 6.07) is 5.67. The lowest BCUT2D eigenvalue weighted by Crippen LogP contribution is -2.39. The summed E-state index contributed by atoms with van der Waals surface area (Å²) in [5, 5.41) is 0.757. The minimum atomic E-state index is -3.47. The Kier molecular flexibility index (Phi) is 3.05. The number of carbonyl (C=O) groups is 1. The number of aromatic amines is 1. The van der Waals surface area contributed by atoms with Crippen LogP contribution in [0.2, 0.25) is 0 Å². The van der Waals surface area contributed by atoms with Gasteiger partial charge in [-0.25, -0.2) is 8.42 Å². The predicted octanol–water partition coefficient (Wildman–Crippen LogP) is 2.48. The van der Waals surface area contributed by atoms with E-state index in [2.05, 4.69) is 4.98 Å². The molecule has 0 fully saturated rings. The number of hydrogen-bond acceptors (Lipinski definition) is 3. The molecule has 0 unspecified atom stereocenters. The van der Waals surface area contributed by atoms with Gasteiger partial charge < -0.3 is 4.98 Å². The quantitative estimate of drug-likeness (QED) is 0.878. The lowest BCUT2D eigenvalue weighted by Gasteiger charge is -2.20. The number of benzene rings is 1. The number of hydrogen-bond donors (Lipinski definition) is 1. The molecular formula is C14H17NO3S. The topological polar surface area (TPSA) is 67.0 Å². The first kappa shape index (κ1) is 13.8. The van der Waals surface area contributed by atoms with Crippen molar-refractivity contribution in [3.05, 3.63) is 35.5 Å². The zero-order valence-electron chi connectivity index (χ0n) is 11.4. The first-order chi connectivity index (χ1) is 8.64. The number of Topliss-reactive ketones (excluding diaryl/α,β-unsaturated/α-hetero) is 1. The molecule has 1 aromatic carbocycles. The highest BCUT2D eigenvalue weighted by Gasteiger charge is 2.39. The molecule has 0 bridgehead atoms. The van der Waals surface area contributed by atoms with Gasteiger partial charge in [0.25, 0.3) is 0 Å². The Labute approximate surface area is 112 Å². The monoisotopic (exact) mass is 279 g/mol. The molecule has 2 rings (SSSR count). The van der Waals surface area contributed by atoms with Gasteiger partial charge in [-0.2, -0.15) is 0 Å². The van der Waals surface area contributed by atoms with Crippen LogP contribution in [0, 0.1) is 6.92 Å². The fourth-order valence-electron chi connectivity index (χ4n) is 1.92. The standard InChI is InChI=1S/C14H17NO3S/c1-9-5-6-10-11(8-15-12(10)7-9)13(16)14(2,3)19(4,17)18/h5-8,15H,1-4H3. The van der Waals surface area contributed by atoms with Crippen LogP contribution in [0.1, 0.15) is 29.8 Å². The number of H-pyrrole nitrogens is 1. The summed E-state index contributed by atoms with van der Waals surface area (Å²) in [6.07, 6.45) is 2.67. The smallest absolute Gasteiger partial charge is 0.185 e. The molecule has 0 atom stereocenters. The van der Waals surface area contributed by atoms with Gasteiger partial charge in [-0.05, 0) is 32.4 Å². The van der Waals surface area contributed by atoms with Crippen molar-refractivity contribution in [3.63, 3.8) is 0 Å². The van der Waals surface area contributed by atoms with E-state index in [-0.39, 0.29) is 5.78 Å². The molecule has 0 aliphatic heterocycles. The maximum absolute atomic E-state index is 12.5. The highest BCUT2D eigenvalue weighted by molar-refractivity contribution is 7.92. The molecule has 2 aromatic rings. The maximum Gasteiger partial charge on any atom is 0.185 e. The Morgan fingerprint density at radius 3 is 2.47 bits per heavy atom. The first-order valence-corrected chi connectivity index (χ1v) is 7.86. The Hall–Kier alpha value is -1.62.